The minimum absolute atomic E-state index is 0.0177. The van der Waals surface area contributed by atoms with E-state index in [4.69, 9.17) is 14.2 Å². The van der Waals surface area contributed by atoms with E-state index in [1.165, 1.54) is 0 Å². The molecular formula is C27H40N6O4. The maximum absolute atomic E-state index is 12.7. The smallest absolute Gasteiger partial charge is 0.410 e. The molecular weight excluding hydrogens is 472 g/mol. The number of likely N-dealkylation sites (tertiary alicyclic amines) is 2. The number of carbonyl (C=O) groups excluding carboxylic acids is 1. The fourth-order valence-corrected chi connectivity index (χ4v) is 6.90. The first-order valence-electron chi connectivity index (χ1n) is 13.6. The number of nitrogens with zero attached hydrogens (tertiary/aromatic N) is 5. The molecule has 1 aliphatic carbocycles. The van der Waals surface area contributed by atoms with Crippen LogP contribution in [-0.2, 0) is 14.2 Å². The zero-order valence-corrected chi connectivity index (χ0v) is 22.9. The molecule has 37 heavy (non-hydrogen) atoms. The van der Waals surface area contributed by atoms with Crippen LogP contribution in [0.5, 0.6) is 0 Å². The van der Waals surface area contributed by atoms with Crippen LogP contribution in [0.25, 0.3) is 11.0 Å². The average Bonchev–Trinajstić information content (AvgIpc) is 3.57. The summed E-state index contributed by atoms with van der Waals surface area (Å²) < 4.78 is 20.9. The quantitative estimate of drug-likeness (QED) is 0.664. The van der Waals surface area contributed by atoms with Gasteiger partial charge in [-0.1, -0.05) is 0 Å². The molecule has 3 saturated heterocycles. The molecule has 5 heterocycles. The molecule has 202 valence electrons. The average molecular weight is 513 g/mol. The Hall–Kier alpha value is -2.43. The summed E-state index contributed by atoms with van der Waals surface area (Å²) in [6, 6.07) is 2.21. The highest BCUT2D eigenvalue weighted by Gasteiger charge is 2.57. The highest BCUT2D eigenvalue weighted by atomic mass is 16.8. The lowest BCUT2D eigenvalue weighted by atomic mass is 9.82. The van der Waals surface area contributed by atoms with Crippen molar-refractivity contribution in [3.8, 4) is 0 Å². The van der Waals surface area contributed by atoms with E-state index in [9.17, 15) is 4.79 Å². The summed E-state index contributed by atoms with van der Waals surface area (Å²) in [6.45, 7) is 13.3. The third-order valence-corrected chi connectivity index (χ3v) is 8.61. The minimum Gasteiger partial charge on any atom is -0.444 e. The van der Waals surface area contributed by atoms with Crippen molar-refractivity contribution in [2.75, 3.05) is 38.5 Å². The Morgan fingerprint density at radius 2 is 1.95 bits per heavy atom. The van der Waals surface area contributed by atoms with Crippen molar-refractivity contribution >= 4 is 22.9 Å². The van der Waals surface area contributed by atoms with Crippen molar-refractivity contribution in [1.82, 2.24) is 24.3 Å². The van der Waals surface area contributed by atoms with E-state index in [1.807, 2.05) is 46.6 Å². The number of hydrogen-bond acceptors (Lipinski definition) is 8. The summed E-state index contributed by atoms with van der Waals surface area (Å²) in [5, 5.41) is 4.18. The van der Waals surface area contributed by atoms with Gasteiger partial charge in [-0.2, -0.15) is 0 Å². The number of ether oxygens (including phenoxy) is 3. The predicted molar refractivity (Wildman–Crippen MR) is 139 cm³/mol. The molecule has 10 nitrogen and oxygen atoms in total. The zero-order chi connectivity index (χ0) is 26.2. The molecule has 1 spiro atoms. The van der Waals surface area contributed by atoms with Gasteiger partial charge in [0.05, 0.1) is 17.5 Å². The van der Waals surface area contributed by atoms with Gasteiger partial charge in [0, 0.05) is 50.9 Å². The van der Waals surface area contributed by atoms with Crippen LogP contribution in [0.2, 0.25) is 0 Å². The molecule has 4 fully saturated rings. The number of anilines is 1. The molecule has 0 radical (unpaired) electrons. The van der Waals surface area contributed by atoms with Crippen LogP contribution in [0.15, 0.2) is 18.6 Å². The van der Waals surface area contributed by atoms with E-state index < -0.39 is 11.4 Å². The van der Waals surface area contributed by atoms with Crippen molar-refractivity contribution < 1.29 is 19.0 Å². The molecule has 1 saturated carbocycles. The normalized spacial score (nSPS) is 33.2. The summed E-state index contributed by atoms with van der Waals surface area (Å²) >= 11 is 0. The molecule has 2 aromatic heterocycles. The Morgan fingerprint density at radius 1 is 1.19 bits per heavy atom. The van der Waals surface area contributed by atoms with E-state index in [-0.39, 0.29) is 29.9 Å². The fourth-order valence-electron chi connectivity index (χ4n) is 6.90. The first kappa shape index (κ1) is 24.9. The standard InChI is InChI=1S/C27H40N6O4/c1-25(2,3)37-24(34)31-11-8-27(15-31)9-12-32(27)14-17-13-19(21-20(17)35-26(4,5)36-21)33-10-7-18-22(28-6)29-16-30-23(18)33/h7,10,16-17,19-21H,8-9,11-15H2,1-6H3,(H,28,29,30)/t17-,19-,20-,21+,27?/m1/s1. The van der Waals surface area contributed by atoms with Crippen LogP contribution in [0.3, 0.4) is 0 Å². The molecule has 3 aliphatic heterocycles. The summed E-state index contributed by atoms with van der Waals surface area (Å²) in [5.41, 5.74) is 0.490. The van der Waals surface area contributed by atoms with Crippen LogP contribution in [0.1, 0.15) is 59.9 Å². The SMILES string of the molecule is CNc1ncnc2c1ccn2[C@@H]1C[C@H](CN2CCC23CCN(C(=O)OC(C)(C)C)C3)[C@H]2OC(C)(C)O[C@H]21. The predicted octanol–water partition coefficient (Wildman–Crippen LogP) is 3.64. The molecule has 2 aromatic rings. The Bertz CT molecular complexity index is 1190. The van der Waals surface area contributed by atoms with Crippen molar-refractivity contribution in [1.29, 1.82) is 0 Å². The van der Waals surface area contributed by atoms with Gasteiger partial charge in [0.15, 0.2) is 5.79 Å². The van der Waals surface area contributed by atoms with E-state index in [0.717, 1.165) is 62.3 Å². The van der Waals surface area contributed by atoms with E-state index >= 15 is 0 Å². The molecule has 1 unspecified atom stereocenters. The number of amides is 1. The monoisotopic (exact) mass is 512 g/mol. The van der Waals surface area contributed by atoms with Gasteiger partial charge in [-0.3, -0.25) is 4.90 Å². The Labute approximate surface area is 218 Å². The fraction of sp³-hybridized carbons (Fsp3) is 0.741. The highest BCUT2D eigenvalue weighted by molar-refractivity contribution is 5.87. The third kappa shape index (κ3) is 4.27. The van der Waals surface area contributed by atoms with Gasteiger partial charge in [-0.05, 0) is 59.9 Å². The van der Waals surface area contributed by atoms with Gasteiger partial charge in [-0.15, -0.1) is 0 Å². The summed E-state index contributed by atoms with van der Waals surface area (Å²) in [7, 11) is 1.88. The highest BCUT2D eigenvalue weighted by Crippen LogP contribution is 2.50. The number of aromatic nitrogens is 3. The van der Waals surface area contributed by atoms with E-state index in [0.29, 0.717) is 5.92 Å². The van der Waals surface area contributed by atoms with Crippen molar-refractivity contribution in [2.45, 2.75) is 89.1 Å². The number of hydrogen-bond donors (Lipinski definition) is 1. The van der Waals surface area contributed by atoms with Crippen molar-refractivity contribution in [3.63, 3.8) is 0 Å². The lowest BCUT2D eigenvalue weighted by molar-refractivity contribution is -0.162. The lowest BCUT2D eigenvalue weighted by Gasteiger charge is -2.52. The second-order valence-electron chi connectivity index (χ2n) is 12.6. The number of rotatable bonds is 4. The minimum atomic E-state index is -0.617. The number of nitrogens with one attached hydrogen (secondary N) is 1. The molecule has 10 heteroatoms. The lowest BCUT2D eigenvalue weighted by Crippen LogP contribution is -2.63. The van der Waals surface area contributed by atoms with Gasteiger partial charge in [0.25, 0.3) is 0 Å². The summed E-state index contributed by atoms with van der Waals surface area (Å²) in [4.78, 5) is 26.2. The van der Waals surface area contributed by atoms with Crippen LogP contribution in [0.4, 0.5) is 10.6 Å². The summed E-state index contributed by atoms with van der Waals surface area (Å²) in [5.74, 6) is 0.540. The first-order chi connectivity index (χ1) is 17.5. The van der Waals surface area contributed by atoms with Gasteiger partial charge in [-0.25, -0.2) is 14.8 Å². The maximum atomic E-state index is 12.7. The van der Waals surface area contributed by atoms with Crippen LogP contribution in [0, 0.1) is 5.92 Å². The molecule has 1 N–H and O–H groups in total. The third-order valence-electron chi connectivity index (χ3n) is 8.61. The van der Waals surface area contributed by atoms with Gasteiger partial charge >= 0.3 is 6.09 Å². The summed E-state index contributed by atoms with van der Waals surface area (Å²) in [6.07, 6.45) is 6.57. The van der Waals surface area contributed by atoms with Crippen LogP contribution >= 0.6 is 0 Å². The first-order valence-corrected chi connectivity index (χ1v) is 13.6. The molecule has 1 amide bonds. The van der Waals surface area contributed by atoms with E-state index in [1.54, 1.807) is 6.33 Å². The second kappa shape index (κ2) is 8.54. The molecule has 0 bridgehead atoms. The maximum Gasteiger partial charge on any atom is 0.410 e. The topological polar surface area (TPSA) is 94.0 Å². The zero-order valence-electron chi connectivity index (χ0n) is 22.9. The second-order valence-corrected chi connectivity index (χ2v) is 12.6. The molecule has 5 atom stereocenters. The Morgan fingerprint density at radius 3 is 2.65 bits per heavy atom. The number of carbonyl (C=O) groups is 1. The largest absolute Gasteiger partial charge is 0.444 e. The molecule has 6 rings (SSSR count). The van der Waals surface area contributed by atoms with Gasteiger partial charge < -0.3 is 29.0 Å². The Balaban J connectivity index is 1.21. The number of fused-ring (bicyclic) bond motifs is 2. The van der Waals surface area contributed by atoms with E-state index in [2.05, 4.69) is 37.0 Å². The Kier molecular flexibility index (Phi) is 5.74. The van der Waals surface area contributed by atoms with Crippen molar-refractivity contribution in [3.05, 3.63) is 18.6 Å². The molecule has 4 aliphatic rings. The van der Waals surface area contributed by atoms with Gasteiger partial charge in [0.1, 0.15) is 29.5 Å². The van der Waals surface area contributed by atoms with Crippen LogP contribution in [-0.4, -0.2) is 92.8 Å². The van der Waals surface area contributed by atoms with Gasteiger partial charge in [0.2, 0.25) is 0 Å². The van der Waals surface area contributed by atoms with Crippen molar-refractivity contribution in [2.24, 2.45) is 5.92 Å². The van der Waals surface area contributed by atoms with Crippen LogP contribution < -0.4 is 5.32 Å². The molecule has 0 aromatic carbocycles.